The molecule has 2 heterocycles. The molecule has 1 saturated heterocycles. The molecule has 0 unspecified atom stereocenters. The van der Waals surface area contributed by atoms with Gasteiger partial charge in [-0.2, -0.15) is 5.10 Å². The van der Waals surface area contributed by atoms with Crippen LogP contribution in [0.25, 0.3) is 0 Å². The molecule has 26 heavy (non-hydrogen) atoms. The number of nitrogens with zero attached hydrogens (tertiary/aromatic N) is 3. The van der Waals surface area contributed by atoms with Crippen molar-refractivity contribution < 1.29 is 0 Å². The Morgan fingerprint density at radius 3 is 2.50 bits per heavy atom. The Labute approximate surface area is 172 Å². The van der Waals surface area contributed by atoms with E-state index in [9.17, 15) is 0 Å². The van der Waals surface area contributed by atoms with Crippen LogP contribution in [-0.2, 0) is 19.6 Å². The second-order valence-corrected chi connectivity index (χ2v) is 6.43. The summed E-state index contributed by atoms with van der Waals surface area (Å²) in [7, 11) is 0. The molecule has 1 aliphatic heterocycles. The summed E-state index contributed by atoms with van der Waals surface area (Å²) in [6.07, 6.45) is 4.43. The smallest absolute Gasteiger partial charge is 0.191 e. The van der Waals surface area contributed by atoms with E-state index in [-0.39, 0.29) is 24.0 Å². The molecule has 3 N–H and O–H groups in total. The van der Waals surface area contributed by atoms with Crippen LogP contribution in [0.15, 0.2) is 41.5 Å². The zero-order valence-corrected chi connectivity index (χ0v) is 17.7. The number of H-pyrrole nitrogens is 1. The second kappa shape index (κ2) is 11.2. The van der Waals surface area contributed by atoms with E-state index in [0.717, 1.165) is 24.7 Å². The summed E-state index contributed by atoms with van der Waals surface area (Å²) in [6, 6.07) is 10.8. The molecule has 6 nitrogen and oxygen atoms in total. The number of rotatable bonds is 7. The highest BCUT2D eigenvalue weighted by atomic mass is 127. The lowest BCUT2D eigenvalue weighted by Crippen LogP contribution is -2.36. The fraction of sp³-hybridized carbons (Fsp3) is 0.474. The molecule has 0 amide bonds. The normalized spacial score (nSPS) is 14.9. The molecule has 7 heteroatoms. The highest BCUT2D eigenvalue weighted by Gasteiger charge is 2.11. The van der Waals surface area contributed by atoms with Gasteiger partial charge in [-0.05, 0) is 50.0 Å². The summed E-state index contributed by atoms with van der Waals surface area (Å²) in [5, 5.41) is 13.5. The SMILES string of the molecule is CCNC(=NCc1ccc(CN2CCCC2)cc1)NCc1ccn[nH]1.I. The van der Waals surface area contributed by atoms with Crippen molar-refractivity contribution in [2.75, 3.05) is 19.6 Å². The van der Waals surface area contributed by atoms with Gasteiger partial charge in [0.05, 0.1) is 18.8 Å². The lowest BCUT2D eigenvalue weighted by molar-refractivity contribution is 0.331. The summed E-state index contributed by atoms with van der Waals surface area (Å²) in [6.45, 7) is 7.80. The molecule has 142 valence electrons. The lowest BCUT2D eigenvalue weighted by Gasteiger charge is -2.14. The first kappa shape index (κ1) is 20.7. The highest BCUT2D eigenvalue weighted by Crippen LogP contribution is 2.13. The van der Waals surface area contributed by atoms with Crippen LogP contribution < -0.4 is 10.6 Å². The van der Waals surface area contributed by atoms with E-state index in [1.54, 1.807) is 6.20 Å². The third kappa shape index (κ3) is 6.60. The summed E-state index contributed by atoms with van der Waals surface area (Å²) in [4.78, 5) is 7.19. The quantitative estimate of drug-likeness (QED) is 0.332. The third-order valence-electron chi connectivity index (χ3n) is 4.40. The van der Waals surface area contributed by atoms with Gasteiger partial charge in [-0.3, -0.25) is 10.00 Å². The van der Waals surface area contributed by atoms with Gasteiger partial charge in [0.2, 0.25) is 0 Å². The maximum Gasteiger partial charge on any atom is 0.191 e. The summed E-state index contributed by atoms with van der Waals surface area (Å²) >= 11 is 0. The van der Waals surface area contributed by atoms with Crippen LogP contribution in [0.2, 0.25) is 0 Å². The number of aliphatic imine (C=N–C) groups is 1. The van der Waals surface area contributed by atoms with E-state index < -0.39 is 0 Å². The molecule has 1 fully saturated rings. The number of halogens is 1. The van der Waals surface area contributed by atoms with Gasteiger partial charge in [-0.1, -0.05) is 24.3 Å². The molecule has 0 atom stereocenters. The number of hydrogen-bond acceptors (Lipinski definition) is 3. The number of guanidine groups is 1. The van der Waals surface area contributed by atoms with Crippen molar-refractivity contribution in [3.63, 3.8) is 0 Å². The molecule has 0 radical (unpaired) electrons. The van der Waals surface area contributed by atoms with Crippen LogP contribution in [0.5, 0.6) is 0 Å². The zero-order valence-electron chi connectivity index (χ0n) is 15.4. The molecule has 3 rings (SSSR count). The fourth-order valence-electron chi connectivity index (χ4n) is 3.02. The largest absolute Gasteiger partial charge is 0.357 e. The van der Waals surface area contributed by atoms with Crippen LogP contribution in [0.4, 0.5) is 0 Å². The molecule has 1 aliphatic rings. The number of aromatic nitrogens is 2. The van der Waals surface area contributed by atoms with Crippen LogP contribution in [0.3, 0.4) is 0 Å². The van der Waals surface area contributed by atoms with E-state index in [4.69, 9.17) is 0 Å². The van der Waals surface area contributed by atoms with Gasteiger partial charge < -0.3 is 10.6 Å². The summed E-state index contributed by atoms with van der Waals surface area (Å²) in [5.74, 6) is 0.818. The number of likely N-dealkylation sites (tertiary alicyclic amines) is 1. The van der Waals surface area contributed by atoms with E-state index in [1.165, 1.54) is 37.1 Å². The Kier molecular flexibility index (Phi) is 8.90. The first-order chi connectivity index (χ1) is 12.3. The Morgan fingerprint density at radius 2 is 1.85 bits per heavy atom. The maximum atomic E-state index is 4.67. The molecule has 0 aliphatic carbocycles. The average molecular weight is 468 g/mol. The van der Waals surface area contributed by atoms with E-state index >= 15 is 0 Å². The highest BCUT2D eigenvalue weighted by molar-refractivity contribution is 14.0. The fourth-order valence-corrected chi connectivity index (χ4v) is 3.02. The van der Waals surface area contributed by atoms with Gasteiger partial charge in [0.15, 0.2) is 5.96 Å². The lowest BCUT2D eigenvalue weighted by atomic mass is 10.1. The minimum absolute atomic E-state index is 0. The first-order valence-electron chi connectivity index (χ1n) is 9.14. The minimum atomic E-state index is 0. The van der Waals surface area contributed by atoms with Crippen molar-refractivity contribution in [1.29, 1.82) is 0 Å². The van der Waals surface area contributed by atoms with Crippen molar-refractivity contribution in [3.05, 3.63) is 53.3 Å². The first-order valence-corrected chi connectivity index (χ1v) is 9.14. The number of aromatic amines is 1. The molecular formula is C19H29IN6. The van der Waals surface area contributed by atoms with Crippen molar-refractivity contribution >= 4 is 29.9 Å². The second-order valence-electron chi connectivity index (χ2n) is 6.43. The standard InChI is InChI=1S/C19H28N6.HI/c1-2-20-19(22-14-18-9-10-23-24-18)21-13-16-5-7-17(8-6-16)15-25-11-3-4-12-25;/h5-10H,2-4,11-15H2,1H3,(H,23,24)(H2,20,21,22);1H. The summed E-state index contributed by atoms with van der Waals surface area (Å²) < 4.78 is 0. The molecule has 0 spiro atoms. The monoisotopic (exact) mass is 468 g/mol. The van der Waals surface area contributed by atoms with Crippen molar-refractivity contribution in [1.82, 2.24) is 25.7 Å². The Hall–Kier alpha value is -1.61. The Morgan fingerprint density at radius 1 is 1.12 bits per heavy atom. The zero-order chi connectivity index (χ0) is 17.3. The van der Waals surface area contributed by atoms with Gasteiger partial charge in [0, 0.05) is 19.3 Å². The van der Waals surface area contributed by atoms with Crippen molar-refractivity contribution in [2.45, 2.75) is 39.4 Å². The van der Waals surface area contributed by atoms with Crippen LogP contribution in [0, 0.1) is 0 Å². The molecule has 0 saturated carbocycles. The molecular weight excluding hydrogens is 439 g/mol. The van der Waals surface area contributed by atoms with E-state index in [1.807, 2.05) is 6.07 Å². The van der Waals surface area contributed by atoms with Gasteiger partial charge >= 0.3 is 0 Å². The topological polar surface area (TPSA) is 68.3 Å². The molecule has 1 aromatic carbocycles. The summed E-state index contributed by atoms with van der Waals surface area (Å²) in [5.41, 5.74) is 3.65. The Balaban J connectivity index is 0.00000243. The van der Waals surface area contributed by atoms with Crippen molar-refractivity contribution in [3.8, 4) is 0 Å². The van der Waals surface area contributed by atoms with Gasteiger partial charge in [-0.25, -0.2) is 4.99 Å². The minimum Gasteiger partial charge on any atom is -0.357 e. The number of benzene rings is 1. The average Bonchev–Trinajstić information content (AvgIpc) is 3.32. The van der Waals surface area contributed by atoms with Crippen LogP contribution >= 0.6 is 24.0 Å². The predicted molar refractivity (Wildman–Crippen MR) is 117 cm³/mol. The predicted octanol–water partition coefficient (Wildman–Crippen LogP) is 2.88. The van der Waals surface area contributed by atoms with Crippen LogP contribution in [-0.4, -0.2) is 40.7 Å². The molecule has 1 aromatic heterocycles. The maximum absolute atomic E-state index is 4.67. The van der Waals surface area contributed by atoms with E-state index in [2.05, 4.69) is 61.9 Å². The van der Waals surface area contributed by atoms with Gasteiger partial charge in [0.1, 0.15) is 0 Å². The van der Waals surface area contributed by atoms with Gasteiger partial charge in [0.25, 0.3) is 0 Å². The molecule has 2 aromatic rings. The van der Waals surface area contributed by atoms with E-state index in [0.29, 0.717) is 13.1 Å². The third-order valence-corrected chi connectivity index (χ3v) is 4.40. The number of hydrogen-bond donors (Lipinski definition) is 3. The van der Waals surface area contributed by atoms with Crippen LogP contribution in [0.1, 0.15) is 36.6 Å². The molecule has 0 bridgehead atoms. The van der Waals surface area contributed by atoms with Gasteiger partial charge in [-0.15, -0.1) is 24.0 Å². The number of nitrogens with one attached hydrogen (secondary N) is 3. The van der Waals surface area contributed by atoms with Crippen molar-refractivity contribution in [2.24, 2.45) is 4.99 Å². The Bertz CT molecular complexity index is 647.